The Bertz CT molecular complexity index is 434. The molecule has 2 N–H and O–H groups in total. The van der Waals surface area contributed by atoms with Crippen molar-refractivity contribution >= 4 is 22.4 Å². The molecule has 2 heterocycles. The number of hydrogen-bond donors (Lipinski definition) is 1. The molecular formula is C13H22N4OS. The zero-order valence-corrected chi connectivity index (χ0v) is 12.4. The summed E-state index contributed by atoms with van der Waals surface area (Å²) in [5.41, 5.74) is 6.35. The summed E-state index contributed by atoms with van der Waals surface area (Å²) in [6, 6.07) is 0.513. The van der Waals surface area contributed by atoms with Gasteiger partial charge < -0.3 is 10.6 Å². The average molecular weight is 282 g/mol. The Morgan fingerprint density at radius 3 is 3.11 bits per heavy atom. The Hall–Kier alpha value is -1.14. The average Bonchev–Trinajstić information content (AvgIpc) is 2.98. The van der Waals surface area contributed by atoms with E-state index in [1.54, 1.807) is 0 Å². The van der Waals surface area contributed by atoms with Crippen molar-refractivity contribution in [1.82, 2.24) is 14.8 Å². The minimum absolute atomic E-state index is 0.119. The van der Waals surface area contributed by atoms with Gasteiger partial charge in [0, 0.05) is 25.0 Å². The second-order valence-electron chi connectivity index (χ2n) is 5.05. The fourth-order valence-electron chi connectivity index (χ4n) is 2.63. The van der Waals surface area contributed by atoms with Crippen molar-refractivity contribution in [2.45, 2.75) is 32.2 Å². The number of amides is 1. The largest absolute Gasteiger partial charge is 0.375 e. The van der Waals surface area contributed by atoms with Crippen molar-refractivity contribution < 1.29 is 4.79 Å². The first-order valence-corrected chi connectivity index (χ1v) is 7.66. The quantitative estimate of drug-likeness (QED) is 0.882. The molecule has 1 saturated heterocycles. The number of anilines is 1. The molecule has 1 aromatic heterocycles. The van der Waals surface area contributed by atoms with E-state index in [1.165, 1.54) is 24.2 Å². The van der Waals surface area contributed by atoms with E-state index in [1.807, 2.05) is 17.3 Å². The van der Waals surface area contributed by atoms with Crippen LogP contribution in [0.15, 0.2) is 5.38 Å². The number of likely N-dealkylation sites (tertiary alicyclic amines) is 1. The lowest BCUT2D eigenvalue weighted by atomic mass is 10.2. The van der Waals surface area contributed by atoms with E-state index in [2.05, 4.69) is 16.8 Å². The number of rotatable bonds is 5. The Labute approximate surface area is 118 Å². The highest BCUT2D eigenvalue weighted by atomic mass is 32.1. The zero-order chi connectivity index (χ0) is 13.8. The molecule has 2 rings (SSSR count). The van der Waals surface area contributed by atoms with E-state index in [0.29, 0.717) is 17.6 Å². The monoisotopic (exact) mass is 282 g/mol. The second kappa shape index (κ2) is 6.34. The molecule has 1 amide bonds. The number of likely N-dealkylation sites (N-methyl/N-ethyl adjacent to an activating group) is 2. The van der Waals surface area contributed by atoms with E-state index < -0.39 is 0 Å². The van der Waals surface area contributed by atoms with Crippen LogP contribution in [0.1, 0.15) is 25.5 Å². The highest BCUT2D eigenvalue weighted by Gasteiger charge is 2.25. The minimum atomic E-state index is 0.119. The van der Waals surface area contributed by atoms with Crippen LogP contribution in [0.4, 0.5) is 5.13 Å². The molecule has 0 aromatic carbocycles. The maximum Gasteiger partial charge on any atom is 0.228 e. The number of nitrogens with zero attached hydrogens (tertiary/aromatic N) is 3. The molecule has 1 aliphatic rings. The summed E-state index contributed by atoms with van der Waals surface area (Å²) < 4.78 is 0. The standard InChI is InChI=1S/C13H22N4OS/c1-3-17-6-4-5-11(17)8-16(2)12(18)7-10-9-19-13(14)15-10/h9,11H,3-8H2,1-2H3,(H2,14,15). The van der Waals surface area contributed by atoms with Crippen molar-refractivity contribution in [3.8, 4) is 0 Å². The molecule has 0 aliphatic carbocycles. The molecule has 0 spiro atoms. The molecule has 1 atom stereocenters. The summed E-state index contributed by atoms with van der Waals surface area (Å²) >= 11 is 1.38. The van der Waals surface area contributed by atoms with Crippen LogP contribution >= 0.6 is 11.3 Å². The van der Waals surface area contributed by atoms with Crippen LogP contribution in [0.3, 0.4) is 0 Å². The number of hydrogen-bond acceptors (Lipinski definition) is 5. The summed E-state index contributed by atoms with van der Waals surface area (Å²) in [6.45, 7) is 5.21. The predicted octanol–water partition coefficient (Wildman–Crippen LogP) is 1.21. The van der Waals surface area contributed by atoms with E-state index in [-0.39, 0.29) is 5.91 Å². The number of nitrogen functional groups attached to an aromatic ring is 1. The highest BCUT2D eigenvalue weighted by molar-refractivity contribution is 7.13. The molecule has 6 heteroatoms. The summed E-state index contributed by atoms with van der Waals surface area (Å²) in [5.74, 6) is 0.119. The zero-order valence-electron chi connectivity index (χ0n) is 11.6. The number of carbonyl (C=O) groups excluding carboxylic acids is 1. The van der Waals surface area contributed by atoms with Crippen LogP contribution in [0.5, 0.6) is 0 Å². The van der Waals surface area contributed by atoms with Gasteiger partial charge in [0.2, 0.25) is 5.91 Å². The van der Waals surface area contributed by atoms with Crippen LogP contribution in [0, 0.1) is 0 Å². The summed E-state index contributed by atoms with van der Waals surface area (Å²) in [5, 5.41) is 2.38. The van der Waals surface area contributed by atoms with Gasteiger partial charge in [-0.15, -0.1) is 11.3 Å². The Morgan fingerprint density at radius 2 is 2.47 bits per heavy atom. The van der Waals surface area contributed by atoms with Gasteiger partial charge >= 0.3 is 0 Å². The third kappa shape index (κ3) is 3.67. The minimum Gasteiger partial charge on any atom is -0.375 e. The van der Waals surface area contributed by atoms with E-state index in [4.69, 9.17) is 5.73 Å². The van der Waals surface area contributed by atoms with Gasteiger partial charge in [-0.2, -0.15) is 0 Å². The maximum atomic E-state index is 12.1. The molecule has 0 bridgehead atoms. The highest BCUT2D eigenvalue weighted by Crippen LogP contribution is 2.18. The first-order chi connectivity index (χ1) is 9.10. The molecule has 0 radical (unpaired) electrons. The van der Waals surface area contributed by atoms with Gasteiger partial charge in [-0.05, 0) is 25.9 Å². The number of thiazole rings is 1. The van der Waals surface area contributed by atoms with Crippen molar-refractivity contribution in [1.29, 1.82) is 0 Å². The normalized spacial score (nSPS) is 19.8. The molecule has 1 unspecified atom stereocenters. The van der Waals surface area contributed by atoms with Crippen LogP contribution in [0.25, 0.3) is 0 Å². The second-order valence-corrected chi connectivity index (χ2v) is 5.94. The SMILES string of the molecule is CCN1CCCC1CN(C)C(=O)Cc1csc(N)n1. The van der Waals surface area contributed by atoms with Crippen molar-refractivity contribution in [2.75, 3.05) is 32.4 Å². The molecule has 19 heavy (non-hydrogen) atoms. The van der Waals surface area contributed by atoms with E-state index >= 15 is 0 Å². The van der Waals surface area contributed by atoms with E-state index in [0.717, 1.165) is 25.3 Å². The van der Waals surface area contributed by atoms with Gasteiger partial charge in [-0.1, -0.05) is 6.92 Å². The van der Waals surface area contributed by atoms with Gasteiger partial charge in [-0.25, -0.2) is 4.98 Å². The third-order valence-electron chi connectivity index (χ3n) is 3.72. The number of nitrogens with two attached hydrogens (primary N) is 1. The first-order valence-electron chi connectivity index (χ1n) is 6.78. The topological polar surface area (TPSA) is 62.5 Å². The fourth-order valence-corrected chi connectivity index (χ4v) is 3.19. The number of carbonyl (C=O) groups is 1. The molecule has 5 nitrogen and oxygen atoms in total. The lowest BCUT2D eigenvalue weighted by Gasteiger charge is -2.27. The van der Waals surface area contributed by atoms with Crippen molar-refractivity contribution in [3.63, 3.8) is 0 Å². The smallest absolute Gasteiger partial charge is 0.228 e. The summed E-state index contributed by atoms with van der Waals surface area (Å²) in [6.07, 6.45) is 2.78. The molecular weight excluding hydrogens is 260 g/mol. The Morgan fingerprint density at radius 1 is 1.68 bits per heavy atom. The molecule has 106 valence electrons. The van der Waals surface area contributed by atoms with Crippen LogP contribution in [-0.2, 0) is 11.2 Å². The van der Waals surface area contributed by atoms with Crippen molar-refractivity contribution in [3.05, 3.63) is 11.1 Å². The number of aromatic nitrogens is 1. The lowest BCUT2D eigenvalue weighted by Crippen LogP contribution is -2.41. The lowest BCUT2D eigenvalue weighted by molar-refractivity contribution is -0.129. The van der Waals surface area contributed by atoms with Crippen LogP contribution in [0.2, 0.25) is 0 Å². The first kappa shape index (κ1) is 14.3. The van der Waals surface area contributed by atoms with Crippen molar-refractivity contribution in [2.24, 2.45) is 0 Å². The molecule has 0 saturated carbocycles. The summed E-state index contributed by atoms with van der Waals surface area (Å²) in [7, 11) is 1.88. The van der Waals surface area contributed by atoms with Crippen LogP contribution in [-0.4, -0.2) is 53.4 Å². The fraction of sp³-hybridized carbons (Fsp3) is 0.692. The third-order valence-corrected chi connectivity index (χ3v) is 4.44. The maximum absolute atomic E-state index is 12.1. The molecule has 1 fully saturated rings. The predicted molar refractivity (Wildman–Crippen MR) is 78.1 cm³/mol. The van der Waals surface area contributed by atoms with E-state index in [9.17, 15) is 4.79 Å². The Balaban J connectivity index is 1.85. The Kier molecular flexibility index (Phi) is 4.76. The van der Waals surface area contributed by atoms with Gasteiger partial charge in [0.25, 0.3) is 0 Å². The van der Waals surface area contributed by atoms with Gasteiger partial charge in [0.15, 0.2) is 5.13 Å². The van der Waals surface area contributed by atoms with Gasteiger partial charge in [0.1, 0.15) is 0 Å². The van der Waals surface area contributed by atoms with Crippen LogP contribution < -0.4 is 5.73 Å². The summed E-state index contributed by atoms with van der Waals surface area (Å²) in [4.78, 5) is 20.5. The van der Waals surface area contributed by atoms with Gasteiger partial charge in [0.05, 0.1) is 12.1 Å². The molecule has 1 aliphatic heterocycles. The molecule has 1 aromatic rings. The van der Waals surface area contributed by atoms with Gasteiger partial charge in [-0.3, -0.25) is 9.69 Å².